The summed E-state index contributed by atoms with van der Waals surface area (Å²) in [7, 11) is 1.66. The van der Waals surface area contributed by atoms with Crippen LogP contribution in [0.4, 0.5) is 0 Å². The zero-order chi connectivity index (χ0) is 20.6. The molecule has 0 amide bonds. The van der Waals surface area contributed by atoms with Crippen molar-refractivity contribution < 1.29 is 9.47 Å². The zero-order valence-corrected chi connectivity index (χ0v) is 21.1. The average Bonchev–Trinajstić information content (AvgIpc) is 2.67. The van der Waals surface area contributed by atoms with Crippen LogP contribution in [-0.2, 0) is 13.2 Å². The monoisotopic (exact) mass is 535 g/mol. The summed E-state index contributed by atoms with van der Waals surface area (Å²) in [6.45, 7) is 1.16. The molecule has 0 unspecified atom stereocenters. The number of halogens is 4. The highest BCUT2D eigenvalue weighted by Gasteiger charge is 2.15. The van der Waals surface area contributed by atoms with Crippen LogP contribution < -0.4 is 14.8 Å². The Labute approximate surface area is 204 Å². The summed E-state index contributed by atoms with van der Waals surface area (Å²) in [5.41, 5.74) is 2.05. The molecular formula is C23H29BrCl3NO2. The van der Waals surface area contributed by atoms with Crippen molar-refractivity contribution in [2.75, 3.05) is 7.11 Å². The van der Waals surface area contributed by atoms with E-state index in [1.807, 2.05) is 18.2 Å². The van der Waals surface area contributed by atoms with E-state index >= 15 is 0 Å². The van der Waals surface area contributed by atoms with Crippen molar-refractivity contribution in [3.05, 3.63) is 56.0 Å². The van der Waals surface area contributed by atoms with E-state index < -0.39 is 0 Å². The van der Waals surface area contributed by atoms with E-state index in [2.05, 4.69) is 27.3 Å². The molecule has 1 aliphatic carbocycles. The molecule has 2 aromatic rings. The quantitative estimate of drug-likeness (QED) is 0.389. The maximum atomic E-state index is 6.26. The van der Waals surface area contributed by atoms with Gasteiger partial charge >= 0.3 is 0 Å². The van der Waals surface area contributed by atoms with E-state index in [4.69, 9.17) is 32.7 Å². The molecule has 0 aromatic heterocycles. The molecule has 3 nitrogen and oxygen atoms in total. The topological polar surface area (TPSA) is 30.5 Å². The van der Waals surface area contributed by atoms with Crippen LogP contribution >= 0.6 is 51.5 Å². The molecule has 0 aliphatic heterocycles. The van der Waals surface area contributed by atoms with E-state index in [0.29, 0.717) is 34.2 Å². The lowest BCUT2D eigenvalue weighted by Gasteiger charge is -2.22. The number of hydrogen-bond donors (Lipinski definition) is 1. The Hall–Kier alpha value is -0.650. The van der Waals surface area contributed by atoms with E-state index in [9.17, 15) is 0 Å². The van der Waals surface area contributed by atoms with E-state index in [0.717, 1.165) is 16.6 Å². The van der Waals surface area contributed by atoms with Gasteiger partial charge in [0.1, 0.15) is 6.61 Å². The minimum Gasteiger partial charge on any atom is -0.493 e. The number of rotatable bonds is 7. The van der Waals surface area contributed by atoms with Crippen LogP contribution in [0.5, 0.6) is 11.5 Å². The summed E-state index contributed by atoms with van der Waals surface area (Å²) in [4.78, 5) is 0. The second-order valence-corrected chi connectivity index (χ2v) is 9.25. The number of methoxy groups -OCH3 is 1. The summed E-state index contributed by atoms with van der Waals surface area (Å²) in [5.74, 6) is 1.38. The third-order valence-corrected chi connectivity index (χ3v) is 6.55. The minimum atomic E-state index is 0. The second kappa shape index (κ2) is 13.0. The standard InChI is InChI=1S/C23H28BrCl2NO2.ClH/c1-28-22-12-16(14-27-19-7-5-3-2-4-6-8-19)11-20(24)23(22)29-15-17-9-10-18(25)13-21(17)26;/h9-13,19,27H,2-8,14-15H2,1H3;1H. The molecule has 1 N–H and O–H groups in total. The molecule has 0 radical (unpaired) electrons. The van der Waals surface area contributed by atoms with Crippen molar-refractivity contribution in [1.82, 2.24) is 5.32 Å². The van der Waals surface area contributed by atoms with E-state index in [-0.39, 0.29) is 12.4 Å². The fourth-order valence-corrected chi connectivity index (χ4v) is 4.79. The van der Waals surface area contributed by atoms with Gasteiger partial charge in [-0.15, -0.1) is 12.4 Å². The van der Waals surface area contributed by atoms with Crippen molar-refractivity contribution in [2.45, 2.75) is 64.1 Å². The first kappa shape index (κ1) is 25.6. The Bertz CT molecular complexity index is 811. The van der Waals surface area contributed by atoms with Crippen LogP contribution in [0.3, 0.4) is 0 Å². The first-order chi connectivity index (χ1) is 14.1. The highest BCUT2D eigenvalue weighted by Crippen LogP contribution is 2.37. The summed E-state index contributed by atoms with van der Waals surface area (Å²) < 4.78 is 12.5. The first-order valence-corrected chi connectivity index (χ1v) is 11.8. The molecule has 0 bridgehead atoms. The van der Waals surface area contributed by atoms with Gasteiger partial charge in [0.2, 0.25) is 0 Å². The van der Waals surface area contributed by atoms with Crippen LogP contribution in [-0.4, -0.2) is 13.2 Å². The zero-order valence-electron chi connectivity index (χ0n) is 17.2. The molecular weight excluding hydrogens is 509 g/mol. The molecule has 0 heterocycles. The van der Waals surface area contributed by atoms with Gasteiger partial charge in [0.05, 0.1) is 11.6 Å². The third kappa shape index (κ3) is 7.49. The highest BCUT2D eigenvalue weighted by molar-refractivity contribution is 9.10. The Morgan fingerprint density at radius 3 is 2.40 bits per heavy atom. The van der Waals surface area contributed by atoms with Crippen LogP contribution in [0.15, 0.2) is 34.8 Å². The Balaban J connectivity index is 0.00000320. The lowest BCUT2D eigenvalue weighted by Crippen LogP contribution is -2.29. The van der Waals surface area contributed by atoms with Gasteiger partial charge in [-0.2, -0.15) is 0 Å². The molecule has 2 aromatic carbocycles. The lowest BCUT2D eigenvalue weighted by atomic mass is 9.96. The van der Waals surface area contributed by atoms with Crippen molar-refractivity contribution in [1.29, 1.82) is 0 Å². The Kier molecular flexibility index (Phi) is 11.1. The summed E-state index contributed by atoms with van der Waals surface area (Å²) in [6, 6.07) is 10.1. The summed E-state index contributed by atoms with van der Waals surface area (Å²) in [6.07, 6.45) is 9.29. The highest BCUT2D eigenvalue weighted by atomic mass is 79.9. The fraction of sp³-hybridized carbons (Fsp3) is 0.478. The largest absolute Gasteiger partial charge is 0.493 e. The second-order valence-electron chi connectivity index (χ2n) is 7.56. The van der Waals surface area contributed by atoms with Gasteiger partial charge in [0, 0.05) is 28.2 Å². The number of ether oxygens (including phenoxy) is 2. The molecule has 1 fully saturated rings. The van der Waals surface area contributed by atoms with Crippen LogP contribution in [0.25, 0.3) is 0 Å². The minimum absolute atomic E-state index is 0. The molecule has 1 saturated carbocycles. The molecule has 0 spiro atoms. The Morgan fingerprint density at radius 2 is 1.73 bits per heavy atom. The smallest absolute Gasteiger partial charge is 0.175 e. The molecule has 3 rings (SSSR count). The van der Waals surface area contributed by atoms with E-state index in [1.165, 1.54) is 50.5 Å². The van der Waals surface area contributed by atoms with Gasteiger partial charge in [0.25, 0.3) is 0 Å². The number of hydrogen-bond acceptors (Lipinski definition) is 3. The van der Waals surface area contributed by atoms with Crippen LogP contribution in [0.1, 0.15) is 56.1 Å². The molecule has 1 aliphatic rings. The summed E-state index contributed by atoms with van der Waals surface area (Å²) in [5, 5.41) is 4.93. The molecule has 0 saturated heterocycles. The van der Waals surface area contributed by atoms with Gasteiger partial charge in [-0.3, -0.25) is 0 Å². The van der Waals surface area contributed by atoms with Crippen LogP contribution in [0, 0.1) is 0 Å². The maximum absolute atomic E-state index is 6.26. The van der Waals surface area contributed by atoms with Crippen LogP contribution in [0.2, 0.25) is 10.0 Å². The summed E-state index contributed by atoms with van der Waals surface area (Å²) >= 11 is 15.9. The third-order valence-electron chi connectivity index (χ3n) is 5.38. The van der Waals surface area contributed by atoms with Gasteiger partial charge < -0.3 is 14.8 Å². The van der Waals surface area contributed by atoms with Crippen molar-refractivity contribution in [3.63, 3.8) is 0 Å². The van der Waals surface area contributed by atoms with E-state index in [1.54, 1.807) is 13.2 Å². The van der Waals surface area contributed by atoms with Crippen molar-refractivity contribution >= 4 is 51.5 Å². The predicted molar refractivity (Wildman–Crippen MR) is 132 cm³/mol. The van der Waals surface area contributed by atoms with Gasteiger partial charge in [-0.25, -0.2) is 0 Å². The number of nitrogens with one attached hydrogen (secondary N) is 1. The van der Waals surface area contributed by atoms with Crippen molar-refractivity contribution in [2.24, 2.45) is 0 Å². The van der Waals surface area contributed by atoms with Gasteiger partial charge in [-0.05, 0) is 58.6 Å². The molecule has 30 heavy (non-hydrogen) atoms. The van der Waals surface area contributed by atoms with Gasteiger partial charge in [0.15, 0.2) is 11.5 Å². The Morgan fingerprint density at radius 1 is 1.03 bits per heavy atom. The predicted octanol–water partition coefficient (Wildman–Crippen LogP) is 7.97. The normalized spacial score (nSPS) is 15.1. The van der Waals surface area contributed by atoms with Crippen molar-refractivity contribution in [3.8, 4) is 11.5 Å². The lowest BCUT2D eigenvalue weighted by molar-refractivity contribution is 0.282. The molecule has 166 valence electrons. The molecule has 0 atom stereocenters. The SMILES string of the molecule is COc1cc(CNC2CCCCCCC2)cc(Br)c1OCc1ccc(Cl)cc1Cl.Cl. The fourth-order valence-electron chi connectivity index (χ4n) is 3.73. The first-order valence-electron chi connectivity index (χ1n) is 10.2. The average molecular weight is 538 g/mol. The maximum Gasteiger partial charge on any atom is 0.175 e. The number of benzene rings is 2. The van der Waals surface area contributed by atoms with Gasteiger partial charge in [-0.1, -0.05) is 61.4 Å². The molecule has 7 heteroatoms.